The van der Waals surface area contributed by atoms with Crippen LogP contribution in [-0.2, 0) is 0 Å². The van der Waals surface area contributed by atoms with Crippen LogP contribution in [0.4, 0.5) is 0 Å². The van der Waals surface area contributed by atoms with E-state index in [1.165, 1.54) is 0 Å². The standard InChI is InChI=1S/C16H25BrN2O/c1-11(2)8-13(10-19(4)5)18-16(20)14-9-12(3)6-7-15(14)17/h6-7,9,11,13H,8,10H2,1-5H3,(H,18,20). The second-order valence-electron chi connectivity index (χ2n) is 6.05. The van der Waals surface area contributed by atoms with Crippen molar-refractivity contribution in [3.05, 3.63) is 33.8 Å². The number of rotatable bonds is 6. The fraction of sp³-hybridized carbons (Fsp3) is 0.562. The SMILES string of the molecule is Cc1ccc(Br)c(C(=O)NC(CC(C)C)CN(C)C)c1. The summed E-state index contributed by atoms with van der Waals surface area (Å²) in [6.07, 6.45) is 0.980. The van der Waals surface area contributed by atoms with Gasteiger partial charge in [0.25, 0.3) is 5.91 Å². The average Bonchev–Trinajstić information content (AvgIpc) is 2.30. The van der Waals surface area contributed by atoms with Gasteiger partial charge < -0.3 is 10.2 Å². The van der Waals surface area contributed by atoms with Crippen molar-refractivity contribution >= 4 is 21.8 Å². The molecule has 0 aromatic heterocycles. The highest BCUT2D eigenvalue weighted by Crippen LogP contribution is 2.18. The Morgan fingerprint density at radius 1 is 1.35 bits per heavy atom. The number of carbonyl (C=O) groups is 1. The van der Waals surface area contributed by atoms with Gasteiger partial charge in [0.15, 0.2) is 0 Å². The molecule has 1 unspecified atom stereocenters. The van der Waals surface area contributed by atoms with Crippen LogP contribution < -0.4 is 5.32 Å². The van der Waals surface area contributed by atoms with Gasteiger partial charge in [0.2, 0.25) is 0 Å². The zero-order valence-electron chi connectivity index (χ0n) is 13.0. The van der Waals surface area contributed by atoms with E-state index in [4.69, 9.17) is 0 Å². The second-order valence-corrected chi connectivity index (χ2v) is 6.90. The number of nitrogens with zero attached hydrogens (tertiary/aromatic N) is 1. The molecule has 1 N–H and O–H groups in total. The lowest BCUT2D eigenvalue weighted by atomic mass is 10.0. The van der Waals surface area contributed by atoms with Crippen molar-refractivity contribution in [3.63, 3.8) is 0 Å². The number of halogens is 1. The van der Waals surface area contributed by atoms with Crippen molar-refractivity contribution in [2.75, 3.05) is 20.6 Å². The zero-order valence-corrected chi connectivity index (χ0v) is 14.6. The molecule has 4 heteroatoms. The Balaban J connectivity index is 2.81. The normalized spacial score (nSPS) is 12.8. The van der Waals surface area contributed by atoms with Crippen molar-refractivity contribution in [1.29, 1.82) is 0 Å². The summed E-state index contributed by atoms with van der Waals surface area (Å²) in [6.45, 7) is 7.21. The number of carbonyl (C=O) groups excluding carboxylic acids is 1. The minimum atomic E-state index is -0.00641. The van der Waals surface area contributed by atoms with Gasteiger partial charge in [-0.25, -0.2) is 0 Å². The fourth-order valence-corrected chi connectivity index (χ4v) is 2.69. The molecule has 0 saturated heterocycles. The van der Waals surface area contributed by atoms with E-state index in [-0.39, 0.29) is 11.9 Å². The third kappa shape index (κ3) is 5.63. The summed E-state index contributed by atoms with van der Waals surface area (Å²) in [5.74, 6) is 0.550. The molecule has 0 aliphatic carbocycles. The van der Waals surface area contributed by atoms with Gasteiger partial charge in [-0.2, -0.15) is 0 Å². The van der Waals surface area contributed by atoms with Crippen LogP contribution in [0.15, 0.2) is 22.7 Å². The quantitative estimate of drug-likeness (QED) is 0.859. The summed E-state index contributed by atoms with van der Waals surface area (Å²) < 4.78 is 0.841. The van der Waals surface area contributed by atoms with Gasteiger partial charge in [0.05, 0.1) is 5.56 Å². The Morgan fingerprint density at radius 2 is 2.00 bits per heavy atom. The molecule has 3 nitrogen and oxygen atoms in total. The zero-order chi connectivity index (χ0) is 15.3. The third-order valence-corrected chi connectivity index (χ3v) is 3.73. The van der Waals surface area contributed by atoms with Crippen LogP contribution in [0, 0.1) is 12.8 Å². The Labute approximate surface area is 130 Å². The van der Waals surface area contributed by atoms with E-state index in [0.29, 0.717) is 11.5 Å². The maximum Gasteiger partial charge on any atom is 0.252 e. The molecule has 0 spiro atoms. The Kier molecular flexibility index (Phi) is 6.69. The molecule has 1 rings (SSSR count). The lowest BCUT2D eigenvalue weighted by Crippen LogP contribution is -2.42. The third-order valence-electron chi connectivity index (χ3n) is 3.04. The van der Waals surface area contributed by atoms with Gasteiger partial charge in [-0.05, 0) is 61.4 Å². The highest BCUT2D eigenvalue weighted by Gasteiger charge is 2.17. The van der Waals surface area contributed by atoms with Gasteiger partial charge in [-0.1, -0.05) is 25.5 Å². The molecule has 1 atom stereocenters. The van der Waals surface area contributed by atoms with Crippen LogP contribution in [0.1, 0.15) is 36.2 Å². The van der Waals surface area contributed by atoms with E-state index in [1.807, 2.05) is 39.2 Å². The van der Waals surface area contributed by atoms with E-state index in [0.717, 1.165) is 23.0 Å². The predicted octanol–water partition coefficient (Wildman–Crippen LogP) is 3.46. The summed E-state index contributed by atoms with van der Waals surface area (Å²) in [5.41, 5.74) is 1.80. The lowest BCUT2D eigenvalue weighted by molar-refractivity contribution is 0.0923. The van der Waals surface area contributed by atoms with Crippen LogP contribution in [0.3, 0.4) is 0 Å². The summed E-state index contributed by atoms with van der Waals surface area (Å²) in [7, 11) is 4.06. The molecule has 0 bridgehead atoms. The van der Waals surface area contributed by atoms with E-state index < -0.39 is 0 Å². The number of hydrogen-bond acceptors (Lipinski definition) is 2. The minimum absolute atomic E-state index is 0.00641. The summed E-state index contributed by atoms with van der Waals surface area (Å²) in [6, 6.07) is 6.01. The number of amides is 1. The number of aryl methyl sites for hydroxylation is 1. The molecule has 0 fully saturated rings. The molecule has 0 radical (unpaired) electrons. The van der Waals surface area contributed by atoms with Crippen molar-refractivity contribution in [2.24, 2.45) is 5.92 Å². The largest absolute Gasteiger partial charge is 0.348 e. The van der Waals surface area contributed by atoms with Crippen LogP contribution in [-0.4, -0.2) is 37.5 Å². The van der Waals surface area contributed by atoms with Crippen LogP contribution >= 0.6 is 15.9 Å². The van der Waals surface area contributed by atoms with E-state index in [2.05, 4.69) is 40.0 Å². The summed E-state index contributed by atoms with van der Waals surface area (Å²) >= 11 is 3.45. The number of likely N-dealkylation sites (N-methyl/N-ethyl adjacent to an activating group) is 1. The predicted molar refractivity (Wildman–Crippen MR) is 88.1 cm³/mol. The van der Waals surface area contributed by atoms with Crippen LogP contribution in [0.25, 0.3) is 0 Å². The maximum atomic E-state index is 12.4. The monoisotopic (exact) mass is 340 g/mol. The summed E-state index contributed by atoms with van der Waals surface area (Å²) in [5, 5.41) is 3.15. The van der Waals surface area contributed by atoms with Crippen LogP contribution in [0.5, 0.6) is 0 Å². The molecule has 0 saturated carbocycles. The van der Waals surface area contributed by atoms with Gasteiger partial charge >= 0.3 is 0 Å². The topological polar surface area (TPSA) is 32.3 Å². The highest BCUT2D eigenvalue weighted by molar-refractivity contribution is 9.10. The highest BCUT2D eigenvalue weighted by atomic mass is 79.9. The number of hydrogen-bond donors (Lipinski definition) is 1. The molecule has 0 heterocycles. The van der Waals surface area contributed by atoms with Crippen LogP contribution in [0.2, 0.25) is 0 Å². The molecule has 112 valence electrons. The second kappa shape index (κ2) is 7.79. The van der Waals surface area contributed by atoms with Gasteiger partial charge in [0, 0.05) is 17.1 Å². The van der Waals surface area contributed by atoms with Gasteiger partial charge in [-0.15, -0.1) is 0 Å². The molecule has 1 amide bonds. The van der Waals surface area contributed by atoms with E-state index in [1.54, 1.807) is 0 Å². The van der Waals surface area contributed by atoms with Gasteiger partial charge in [0.1, 0.15) is 0 Å². The average molecular weight is 341 g/mol. The molecular formula is C16H25BrN2O. The first-order valence-corrected chi connectivity index (χ1v) is 7.80. The van der Waals surface area contributed by atoms with Gasteiger partial charge in [-0.3, -0.25) is 4.79 Å². The lowest BCUT2D eigenvalue weighted by Gasteiger charge is -2.24. The van der Waals surface area contributed by atoms with Crippen molar-refractivity contribution in [2.45, 2.75) is 33.2 Å². The van der Waals surface area contributed by atoms with Crippen molar-refractivity contribution < 1.29 is 4.79 Å². The van der Waals surface area contributed by atoms with Crippen molar-refractivity contribution in [1.82, 2.24) is 10.2 Å². The van der Waals surface area contributed by atoms with E-state index >= 15 is 0 Å². The Morgan fingerprint density at radius 3 is 2.55 bits per heavy atom. The van der Waals surface area contributed by atoms with E-state index in [9.17, 15) is 4.79 Å². The Bertz CT molecular complexity index is 448. The first kappa shape index (κ1) is 17.2. The van der Waals surface area contributed by atoms with Crippen molar-refractivity contribution in [3.8, 4) is 0 Å². The number of benzene rings is 1. The first-order valence-electron chi connectivity index (χ1n) is 7.01. The molecule has 1 aromatic carbocycles. The fourth-order valence-electron chi connectivity index (χ4n) is 2.27. The maximum absolute atomic E-state index is 12.4. The molecule has 0 aliphatic rings. The number of nitrogens with one attached hydrogen (secondary N) is 1. The minimum Gasteiger partial charge on any atom is -0.348 e. The first-order chi connectivity index (χ1) is 9.29. The molecule has 0 aliphatic heterocycles. The smallest absolute Gasteiger partial charge is 0.252 e. The molecule has 20 heavy (non-hydrogen) atoms. The Hall–Kier alpha value is -0.870. The molecule has 1 aromatic rings. The molecular weight excluding hydrogens is 316 g/mol. The summed E-state index contributed by atoms with van der Waals surface area (Å²) in [4.78, 5) is 14.5.